The molecule has 0 saturated heterocycles. The van der Waals surface area contributed by atoms with E-state index in [1.54, 1.807) is 13.0 Å². The number of non-ortho nitro benzene ring substituents is 1. The van der Waals surface area contributed by atoms with Crippen LogP contribution in [0.1, 0.15) is 45.1 Å². The third-order valence-corrected chi connectivity index (χ3v) is 6.08. The number of carbonyl (C=O) groups is 2. The zero-order valence-corrected chi connectivity index (χ0v) is 18.9. The molecule has 1 aliphatic carbocycles. The van der Waals surface area contributed by atoms with Crippen LogP contribution in [0.4, 0.5) is 20.2 Å². The highest BCUT2D eigenvalue weighted by molar-refractivity contribution is 6.10. The number of anilines is 1. The van der Waals surface area contributed by atoms with Crippen molar-refractivity contribution >= 4 is 23.1 Å². The lowest BCUT2D eigenvalue weighted by Gasteiger charge is -2.39. The van der Waals surface area contributed by atoms with Gasteiger partial charge in [0.05, 0.1) is 10.6 Å². The monoisotopic (exact) mass is 467 g/mol. The van der Waals surface area contributed by atoms with Crippen molar-refractivity contribution in [3.63, 3.8) is 0 Å². The number of ketones is 1. The molecule has 1 unspecified atom stereocenters. The quantitative estimate of drug-likeness (QED) is 0.480. The maximum atomic E-state index is 14.2. The maximum Gasteiger partial charge on any atom is 0.269 e. The predicted octanol–water partition coefficient (Wildman–Crippen LogP) is 5.12. The van der Waals surface area contributed by atoms with Crippen LogP contribution in [0.5, 0.6) is 0 Å². The van der Waals surface area contributed by atoms with Crippen LogP contribution in [0.2, 0.25) is 0 Å². The summed E-state index contributed by atoms with van der Waals surface area (Å²) in [5.41, 5.74) is 1.32. The number of carbonyl (C=O) groups excluding carboxylic acids is 2. The fourth-order valence-electron chi connectivity index (χ4n) is 4.67. The molecule has 7 nitrogen and oxygen atoms in total. The smallest absolute Gasteiger partial charge is 0.269 e. The molecule has 1 aliphatic heterocycles. The van der Waals surface area contributed by atoms with Gasteiger partial charge in [-0.05, 0) is 36.5 Å². The maximum absolute atomic E-state index is 14.2. The highest BCUT2D eigenvalue weighted by Gasteiger charge is 2.43. The lowest BCUT2D eigenvalue weighted by Crippen LogP contribution is -2.39. The first-order chi connectivity index (χ1) is 16.0. The van der Waals surface area contributed by atoms with Gasteiger partial charge in [0.2, 0.25) is 0 Å². The van der Waals surface area contributed by atoms with Gasteiger partial charge in [-0.2, -0.15) is 0 Å². The molecule has 0 saturated carbocycles. The molecule has 0 radical (unpaired) electrons. The number of hydrogen-bond donors (Lipinski definition) is 2. The van der Waals surface area contributed by atoms with Gasteiger partial charge < -0.3 is 10.6 Å². The summed E-state index contributed by atoms with van der Waals surface area (Å²) in [6.45, 7) is 5.60. The van der Waals surface area contributed by atoms with Gasteiger partial charge in [0.1, 0.15) is 11.6 Å². The second kappa shape index (κ2) is 8.48. The van der Waals surface area contributed by atoms with Gasteiger partial charge in [-0.1, -0.05) is 26.0 Å². The minimum Gasteiger partial charge on any atom is -0.362 e. The molecule has 2 aromatic carbocycles. The summed E-state index contributed by atoms with van der Waals surface area (Å²) in [5.74, 6) is -3.48. The number of nitro groups is 1. The van der Waals surface area contributed by atoms with Crippen LogP contribution in [0.3, 0.4) is 0 Å². The summed E-state index contributed by atoms with van der Waals surface area (Å²) in [6, 6.07) is 8.57. The van der Waals surface area contributed by atoms with E-state index in [2.05, 4.69) is 10.6 Å². The van der Waals surface area contributed by atoms with Crippen LogP contribution in [0.25, 0.3) is 0 Å². The number of nitro benzene ring substituents is 1. The Kier molecular flexibility index (Phi) is 5.80. The molecule has 1 heterocycles. The second-order valence-corrected chi connectivity index (χ2v) is 9.36. The van der Waals surface area contributed by atoms with E-state index >= 15 is 0 Å². The van der Waals surface area contributed by atoms with Crippen LogP contribution in [0, 0.1) is 27.2 Å². The largest absolute Gasteiger partial charge is 0.362 e. The summed E-state index contributed by atoms with van der Waals surface area (Å²) >= 11 is 0. The van der Waals surface area contributed by atoms with E-state index in [4.69, 9.17) is 0 Å². The molecule has 34 heavy (non-hydrogen) atoms. The molecular weight excluding hydrogens is 444 g/mol. The Hall–Kier alpha value is -3.88. The Bertz CT molecular complexity index is 1300. The number of hydrogen-bond acceptors (Lipinski definition) is 5. The van der Waals surface area contributed by atoms with Crippen molar-refractivity contribution in [1.29, 1.82) is 0 Å². The molecule has 0 spiro atoms. The number of amides is 1. The van der Waals surface area contributed by atoms with Gasteiger partial charge in [-0.15, -0.1) is 0 Å². The molecule has 0 bridgehead atoms. The predicted molar refractivity (Wildman–Crippen MR) is 122 cm³/mol. The van der Waals surface area contributed by atoms with Gasteiger partial charge in [0.25, 0.3) is 11.6 Å². The first-order valence-electron chi connectivity index (χ1n) is 10.7. The SMILES string of the molecule is CC1=C(C(=O)Nc2ccc(F)cc2F)C(c2cccc([N+](=O)[O-])c2)C2=C(CC(C)(C)CC2=O)N1. The van der Waals surface area contributed by atoms with Gasteiger partial charge in [0.15, 0.2) is 5.78 Å². The average molecular weight is 467 g/mol. The van der Waals surface area contributed by atoms with Gasteiger partial charge in [-0.3, -0.25) is 19.7 Å². The molecule has 2 N–H and O–H groups in total. The van der Waals surface area contributed by atoms with E-state index in [-0.39, 0.29) is 34.6 Å². The topological polar surface area (TPSA) is 101 Å². The Morgan fingerprint density at radius 1 is 1.18 bits per heavy atom. The number of halogens is 2. The zero-order valence-electron chi connectivity index (χ0n) is 18.9. The third-order valence-electron chi connectivity index (χ3n) is 6.08. The van der Waals surface area contributed by atoms with E-state index in [9.17, 15) is 28.5 Å². The fraction of sp³-hybridized carbons (Fsp3) is 0.280. The Morgan fingerprint density at radius 3 is 2.59 bits per heavy atom. The molecular formula is C25H23F2N3O4. The van der Waals surface area contributed by atoms with Gasteiger partial charge in [0, 0.05) is 53.1 Å². The van der Waals surface area contributed by atoms with E-state index in [1.807, 2.05) is 13.8 Å². The summed E-state index contributed by atoms with van der Waals surface area (Å²) in [4.78, 5) is 37.5. The number of dihydropyridines is 1. The van der Waals surface area contributed by atoms with Crippen LogP contribution >= 0.6 is 0 Å². The molecule has 0 fully saturated rings. The van der Waals surface area contributed by atoms with Crippen molar-refractivity contribution in [2.45, 2.75) is 39.5 Å². The second-order valence-electron chi connectivity index (χ2n) is 9.36. The molecule has 176 valence electrons. The molecule has 4 rings (SSSR count). The first kappa shape index (κ1) is 23.3. The van der Waals surface area contributed by atoms with Crippen LogP contribution < -0.4 is 10.6 Å². The van der Waals surface area contributed by atoms with Gasteiger partial charge in [-0.25, -0.2) is 8.78 Å². The highest BCUT2D eigenvalue weighted by Crippen LogP contribution is 2.47. The summed E-state index contributed by atoms with van der Waals surface area (Å²) in [5, 5.41) is 17.0. The minimum atomic E-state index is -0.947. The third kappa shape index (κ3) is 4.33. The standard InChI is InChI=1S/C25H23F2N3O4/c1-13-21(24(32)29-18-8-7-15(26)10-17(18)27)22(14-5-4-6-16(9-14)30(33)34)23-19(28-13)11-25(2,3)12-20(23)31/h4-10,22,28H,11-12H2,1-3H3,(H,29,32). The van der Waals surface area contributed by atoms with Crippen molar-refractivity contribution in [3.8, 4) is 0 Å². The molecule has 1 amide bonds. The normalized spacial score (nSPS) is 19.4. The minimum absolute atomic E-state index is 0.135. The number of nitrogens with zero attached hydrogens (tertiary/aromatic N) is 1. The van der Waals surface area contributed by atoms with Crippen LogP contribution in [-0.4, -0.2) is 16.6 Å². The van der Waals surface area contributed by atoms with Crippen molar-refractivity contribution in [2.75, 3.05) is 5.32 Å². The lowest BCUT2D eigenvalue weighted by atomic mass is 9.68. The van der Waals surface area contributed by atoms with Gasteiger partial charge >= 0.3 is 0 Å². The van der Waals surface area contributed by atoms with Crippen molar-refractivity contribution in [3.05, 3.63) is 92.3 Å². The van der Waals surface area contributed by atoms with E-state index in [0.29, 0.717) is 35.0 Å². The van der Waals surface area contributed by atoms with Crippen molar-refractivity contribution in [1.82, 2.24) is 5.32 Å². The van der Waals surface area contributed by atoms with E-state index in [0.717, 1.165) is 12.1 Å². The number of benzene rings is 2. The lowest BCUT2D eigenvalue weighted by molar-refractivity contribution is -0.384. The fourth-order valence-corrected chi connectivity index (χ4v) is 4.67. The van der Waals surface area contributed by atoms with Crippen LogP contribution in [-0.2, 0) is 9.59 Å². The first-order valence-corrected chi connectivity index (χ1v) is 10.7. The highest BCUT2D eigenvalue weighted by atomic mass is 19.1. The molecule has 1 atom stereocenters. The molecule has 0 aromatic heterocycles. The number of Topliss-reactive ketones (excluding diaryl/α,β-unsaturated/α-hetero) is 1. The Morgan fingerprint density at radius 2 is 1.91 bits per heavy atom. The summed E-state index contributed by atoms with van der Waals surface area (Å²) in [7, 11) is 0. The molecule has 9 heteroatoms. The number of allylic oxidation sites excluding steroid dienone is 3. The number of rotatable bonds is 4. The van der Waals surface area contributed by atoms with Crippen LogP contribution in [0.15, 0.2) is 65.0 Å². The molecule has 2 aliphatic rings. The van der Waals surface area contributed by atoms with Crippen molar-refractivity contribution < 1.29 is 23.3 Å². The van der Waals surface area contributed by atoms with E-state index < -0.39 is 28.4 Å². The number of nitrogens with one attached hydrogen (secondary N) is 2. The average Bonchev–Trinajstić information content (AvgIpc) is 2.73. The van der Waals surface area contributed by atoms with E-state index in [1.165, 1.54) is 18.2 Å². The Balaban J connectivity index is 1.84. The summed E-state index contributed by atoms with van der Waals surface area (Å²) in [6.07, 6.45) is 0.803. The van der Waals surface area contributed by atoms with Crippen molar-refractivity contribution in [2.24, 2.45) is 5.41 Å². The molecule has 2 aromatic rings. The Labute approximate surface area is 194 Å². The zero-order chi connectivity index (χ0) is 24.8. The summed E-state index contributed by atoms with van der Waals surface area (Å²) < 4.78 is 27.5.